The van der Waals surface area contributed by atoms with Crippen molar-refractivity contribution in [2.45, 2.75) is 109 Å². The third-order valence-corrected chi connectivity index (χ3v) is 8.16. The average molecular weight is 463 g/mol. The minimum Gasteiger partial charge on any atom is -0.373 e. The van der Waals surface area contributed by atoms with Gasteiger partial charge in [0.25, 0.3) is 0 Å². The lowest BCUT2D eigenvalue weighted by atomic mass is 9.77. The van der Waals surface area contributed by atoms with E-state index in [1.54, 1.807) is 0 Å². The zero-order valence-corrected chi connectivity index (χ0v) is 21.6. The van der Waals surface area contributed by atoms with Crippen molar-refractivity contribution in [3.8, 4) is 11.1 Å². The number of ether oxygens (including phenoxy) is 2. The summed E-state index contributed by atoms with van der Waals surface area (Å²) in [5, 5.41) is 0. The van der Waals surface area contributed by atoms with Crippen molar-refractivity contribution < 1.29 is 9.47 Å². The molecule has 1 heterocycles. The molecule has 1 aliphatic heterocycles. The largest absolute Gasteiger partial charge is 0.373 e. The molecule has 34 heavy (non-hydrogen) atoms. The first-order valence-corrected chi connectivity index (χ1v) is 14.2. The Bertz CT molecular complexity index is 809. The molecule has 2 aromatic carbocycles. The molecule has 2 fully saturated rings. The Kier molecular flexibility index (Phi) is 10.1. The Balaban J connectivity index is 1.25. The zero-order valence-electron chi connectivity index (χ0n) is 21.6. The molecule has 0 bridgehead atoms. The van der Waals surface area contributed by atoms with Crippen LogP contribution >= 0.6 is 0 Å². The third kappa shape index (κ3) is 7.18. The van der Waals surface area contributed by atoms with Crippen LogP contribution in [0.2, 0.25) is 0 Å². The van der Waals surface area contributed by atoms with Gasteiger partial charge >= 0.3 is 0 Å². The molecule has 0 amide bonds. The molecule has 2 heteroatoms. The lowest BCUT2D eigenvalue weighted by Gasteiger charge is -2.30. The minimum atomic E-state index is 0.0655. The fourth-order valence-corrected chi connectivity index (χ4v) is 5.82. The van der Waals surface area contributed by atoms with E-state index >= 15 is 0 Å². The van der Waals surface area contributed by atoms with Gasteiger partial charge in [0.15, 0.2) is 0 Å². The van der Waals surface area contributed by atoms with E-state index in [0.29, 0.717) is 6.61 Å². The van der Waals surface area contributed by atoms with Gasteiger partial charge in [-0.05, 0) is 66.2 Å². The van der Waals surface area contributed by atoms with E-state index < -0.39 is 0 Å². The Hall–Kier alpha value is -1.64. The fourth-order valence-electron chi connectivity index (χ4n) is 5.82. The van der Waals surface area contributed by atoms with Crippen LogP contribution in [0.4, 0.5) is 0 Å². The van der Waals surface area contributed by atoms with E-state index in [4.69, 9.17) is 9.47 Å². The molecular formula is C32H46O2. The van der Waals surface area contributed by atoms with E-state index in [-0.39, 0.29) is 12.2 Å². The van der Waals surface area contributed by atoms with E-state index in [1.165, 1.54) is 92.9 Å². The Morgan fingerprint density at radius 3 is 1.85 bits per heavy atom. The highest BCUT2D eigenvalue weighted by molar-refractivity contribution is 5.64. The molecule has 1 saturated carbocycles. The lowest BCUT2D eigenvalue weighted by molar-refractivity contribution is -0.137. The van der Waals surface area contributed by atoms with Crippen molar-refractivity contribution in [3.63, 3.8) is 0 Å². The molecule has 0 radical (unpaired) electrons. The first kappa shape index (κ1) is 25.5. The van der Waals surface area contributed by atoms with E-state index in [2.05, 4.69) is 62.4 Å². The number of rotatable bonds is 11. The maximum Gasteiger partial charge on any atom is 0.106 e. The number of benzene rings is 2. The Morgan fingerprint density at radius 1 is 0.618 bits per heavy atom. The van der Waals surface area contributed by atoms with Crippen LogP contribution < -0.4 is 0 Å². The quantitative estimate of drug-likeness (QED) is 0.310. The van der Waals surface area contributed by atoms with Gasteiger partial charge in [-0.3, -0.25) is 0 Å². The van der Waals surface area contributed by atoms with Gasteiger partial charge in [-0.15, -0.1) is 0 Å². The summed E-state index contributed by atoms with van der Waals surface area (Å²) in [5.41, 5.74) is 5.35. The lowest BCUT2D eigenvalue weighted by Crippen LogP contribution is -2.31. The number of unbranched alkanes of at least 4 members (excludes halogenated alkanes) is 4. The highest BCUT2D eigenvalue weighted by Gasteiger charge is 2.24. The highest BCUT2D eigenvalue weighted by Crippen LogP contribution is 2.38. The van der Waals surface area contributed by atoms with Gasteiger partial charge in [-0.1, -0.05) is 107 Å². The Morgan fingerprint density at radius 2 is 1.26 bits per heavy atom. The average Bonchev–Trinajstić information content (AvgIpc) is 2.91. The predicted molar refractivity (Wildman–Crippen MR) is 143 cm³/mol. The van der Waals surface area contributed by atoms with Crippen molar-refractivity contribution >= 4 is 0 Å². The summed E-state index contributed by atoms with van der Waals surface area (Å²) in [6.07, 6.45) is 16.4. The van der Waals surface area contributed by atoms with Gasteiger partial charge in [0.2, 0.25) is 0 Å². The van der Waals surface area contributed by atoms with Crippen molar-refractivity contribution in [2.75, 3.05) is 13.2 Å². The minimum absolute atomic E-state index is 0.0655. The zero-order chi connectivity index (χ0) is 23.6. The van der Waals surface area contributed by atoms with Crippen LogP contribution in [0, 0.1) is 5.92 Å². The molecule has 2 nitrogen and oxygen atoms in total. The van der Waals surface area contributed by atoms with Gasteiger partial charge < -0.3 is 9.47 Å². The number of hydrogen-bond donors (Lipinski definition) is 0. The second-order valence-electron chi connectivity index (χ2n) is 10.7. The molecule has 4 rings (SSSR count). The smallest absolute Gasteiger partial charge is 0.106 e. The van der Waals surface area contributed by atoms with Gasteiger partial charge in [-0.2, -0.15) is 0 Å². The molecule has 1 aliphatic carbocycles. The molecule has 2 aromatic rings. The summed E-state index contributed by atoms with van der Waals surface area (Å²) < 4.78 is 12.3. The SMILES string of the molecule is CCCCCC[C@@H]1CO[C@@H](c2ccc(-c3ccc(C4CCC(CCCC)CC4)cc3)cc2)CO1. The van der Waals surface area contributed by atoms with Crippen LogP contribution in [-0.2, 0) is 9.47 Å². The third-order valence-electron chi connectivity index (χ3n) is 8.16. The monoisotopic (exact) mass is 462 g/mol. The fraction of sp³-hybridized carbons (Fsp3) is 0.625. The second kappa shape index (κ2) is 13.4. The van der Waals surface area contributed by atoms with E-state index in [1.807, 2.05) is 0 Å². The van der Waals surface area contributed by atoms with Crippen LogP contribution in [0.3, 0.4) is 0 Å². The summed E-state index contributed by atoms with van der Waals surface area (Å²) in [6.45, 7) is 5.96. The molecule has 2 aliphatic rings. The van der Waals surface area contributed by atoms with Crippen LogP contribution in [0.15, 0.2) is 48.5 Å². The van der Waals surface area contributed by atoms with Gasteiger partial charge in [0.05, 0.1) is 19.3 Å². The van der Waals surface area contributed by atoms with Gasteiger partial charge in [0.1, 0.15) is 6.10 Å². The summed E-state index contributed by atoms with van der Waals surface area (Å²) in [6, 6.07) is 18.3. The predicted octanol–water partition coefficient (Wildman–Crippen LogP) is 9.24. The summed E-state index contributed by atoms with van der Waals surface area (Å²) in [5.74, 6) is 1.73. The van der Waals surface area contributed by atoms with Gasteiger partial charge in [0, 0.05) is 0 Å². The van der Waals surface area contributed by atoms with E-state index in [9.17, 15) is 0 Å². The van der Waals surface area contributed by atoms with Crippen LogP contribution in [0.1, 0.15) is 114 Å². The van der Waals surface area contributed by atoms with Crippen LogP contribution in [-0.4, -0.2) is 19.3 Å². The molecule has 0 spiro atoms. The summed E-state index contributed by atoms with van der Waals surface area (Å²) in [4.78, 5) is 0. The molecular weight excluding hydrogens is 416 g/mol. The molecule has 1 saturated heterocycles. The highest BCUT2D eigenvalue weighted by atomic mass is 16.6. The van der Waals surface area contributed by atoms with Crippen LogP contribution in [0.25, 0.3) is 11.1 Å². The normalized spacial score (nSPS) is 25.4. The maximum atomic E-state index is 6.17. The summed E-state index contributed by atoms with van der Waals surface area (Å²) >= 11 is 0. The van der Waals surface area contributed by atoms with E-state index in [0.717, 1.165) is 24.9 Å². The summed E-state index contributed by atoms with van der Waals surface area (Å²) in [7, 11) is 0. The van der Waals surface area contributed by atoms with Crippen molar-refractivity contribution in [2.24, 2.45) is 5.92 Å². The second-order valence-corrected chi connectivity index (χ2v) is 10.7. The molecule has 186 valence electrons. The van der Waals surface area contributed by atoms with Crippen molar-refractivity contribution in [1.82, 2.24) is 0 Å². The van der Waals surface area contributed by atoms with Gasteiger partial charge in [-0.25, -0.2) is 0 Å². The van der Waals surface area contributed by atoms with Crippen molar-refractivity contribution in [1.29, 1.82) is 0 Å². The molecule has 0 unspecified atom stereocenters. The Labute approximate surface area is 208 Å². The molecule has 0 aromatic heterocycles. The van der Waals surface area contributed by atoms with Crippen LogP contribution in [0.5, 0.6) is 0 Å². The molecule has 0 N–H and O–H groups in total. The first-order valence-electron chi connectivity index (χ1n) is 14.2. The maximum absolute atomic E-state index is 6.17. The number of hydrogen-bond acceptors (Lipinski definition) is 2. The molecule has 2 atom stereocenters. The first-order chi connectivity index (χ1) is 16.8. The standard InChI is InChI=1S/C32H46O2/c1-3-5-7-8-10-31-23-34-32(24-33-31)30-21-19-29(20-22-30)28-17-15-27(16-18-28)26-13-11-25(12-14-26)9-6-4-2/h15-22,25-26,31-32H,3-14,23-24H2,1-2H3/t25?,26?,31-,32-/m1/s1. The van der Waals surface area contributed by atoms with Crippen molar-refractivity contribution in [3.05, 3.63) is 59.7 Å². The topological polar surface area (TPSA) is 18.5 Å².